The van der Waals surface area contributed by atoms with Crippen LogP contribution in [0.4, 0.5) is 10.5 Å². The van der Waals surface area contributed by atoms with Crippen molar-refractivity contribution in [1.29, 1.82) is 0 Å². The van der Waals surface area contributed by atoms with Crippen LogP contribution in [0.3, 0.4) is 0 Å². The highest BCUT2D eigenvalue weighted by Crippen LogP contribution is 2.32. The van der Waals surface area contributed by atoms with Crippen LogP contribution >= 0.6 is 0 Å². The summed E-state index contributed by atoms with van der Waals surface area (Å²) in [6, 6.07) is 4.33. The van der Waals surface area contributed by atoms with Crippen molar-refractivity contribution in [3.8, 4) is 11.3 Å². The Morgan fingerprint density at radius 1 is 1.26 bits per heavy atom. The number of carbonyl (C=O) groups is 2. The third-order valence-electron chi connectivity index (χ3n) is 5.01. The molecule has 8 nitrogen and oxygen atoms in total. The largest absolute Gasteiger partial charge is 0.465 e. The second-order valence-corrected chi connectivity index (χ2v) is 9.05. The molecule has 3 N–H and O–H groups in total. The van der Waals surface area contributed by atoms with Crippen molar-refractivity contribution >= 4 is 17.7 Å². The summed E-state index contributed by atoms with van der Waals surface area (Å²) in [5, 5.41) is 23.2. The maximum Gasteiger partial charge on any atom is 0.408 e. The number of aliphatic hydroxyl groups is 1. The quantitative estimate of drug-likeness (QED) is 0.546. The van der Waals surface area contributed by atoms with Gasteiger partial charge in [-0.1, -0.05) is 20.8 Å². The maximum absolute atomic E-state index is 13.3. The molecule has 2 unspecified atom stereocenters. The highest BCUT2D eigenvalue weighted by Gasteiger charge is 2.38. The number of carbonyl (C=O) groups excluding carboxylic acids is 1. The molecule has 1 aromatic heterocycles. The summed E-state index contributed by atoms with van der Waals surface area (Å²) >= 11 is 0. The Hall–Kier alpha value is -2.87. The van der Waals surface area contributed by atoms with Crippen LogP contribution in [0.1, 0.15) is 66.1 Å². The molecule has 0 aliphatic heterocycles. The van der Waals surface area contributed by atoms with Crippen LogP contribution in [0.2, 0.25) is 0 Å². The van der Waals surface area contributed by atoms with Gasteiger partial charge in [0.25, 0.3) is 0 Å². The smallest absolute Gasteiger partial charge is 0.408 e. The average molecular weight is 432 g/mol. The number of amides is 2. The molecule has 8 heteroatoms. The van der Waals surface area contributed by atoms with E-state index in [1.54, 1.807) is 45.2 Å². The van der Waals surface area contributed by atoms with Gasteiger partial charge in [-0.3, -0.25) is 9.69 Å². The van der Waals surface area contributed by atoms with Crippen LogP contribution < -0.4 is 5.32 Å². The standard InChI is InChI=1S/C23H33N3O5/c1-7-19(27)16-11-15(20-12-24-13-31-20)8-9-17(16)25-21(28)18(10-14(2)3)26(22(29)30)23(4,5)6/h8-9,11-14,18-19,27H,7,10H2,1-6H3,(H,25,28)(H,29,30). The van der Waals surface area contributed by atoms with Crippen molar-refractivity contribution in [2.75, 3.05) is 5.32 Å². The normalized spacial score (nSPS) is 13.7. The summed E-state index contributed by atoms with van der Waals surface area (Å²) in [5.41, 5.74) is 0.935. The van der Waals surface area contributed by atoms with E-state index in [0.717, 1.165) is 5.56 Å². The number of carboxylic acid groups (broad SMARTS) is 1. The number of nitrogens with zero attached hydrogens (tertiary/aromatic N) is 2. The van der Waals surface area contributed by atoms with Gasteiger partial charge in [0.1, 0.15) is 6.04 Å². The van der Waals surface area contributed by atoms with E-state index >= 15 is 0 Å². The fraction of sp³-hybridized carbons (Fsp3) is 0.522. The molecule has 2 aromatic rings. The lowest BCUT2D eigenvalue weighted by Crippen LogP contribution is -2.56. The van der Waals surface area contributed by atoms with Crippen molar-refractivity contribution < 1.29 is 24.2 Å². The Morgan fingerprint density at radius 2 is 1.94 bits per heavy atom. The molecule has 170 valence electrons. The van der Waals surface area contributed by atoms with Gasteiger partial charge in [-0.05, 0) is 57.7 Å². The number of aromatic nitrogens is 1. The van der Waals surface area contributed by atoms with Gasteiger partial charge in [0.05, 0.1) is 12.3 Å². The summed E-state index contributed by atoms with van der Waals surface area (Å²) in [6.45, 7) is 11.0. The number of anilines is 1. The molecular weight excluding hydrogens is 398 g/mol. The van der Waals surface area contributed by atoms with E-state index in [4.69, 9.17) is 4.42 Å². The summed E-state index contributed by atoms with van der Waals surface area (Å²) in [6.07, 6.45) is 1.76. The maximum atomic E-state index is 13.3. The summed E-state index contributed by atoms with van der Waals surface area (Å²) < 4.78 is 5.33. The van der Waals surface area contributed by atoms with Gasteiger partial charge in [-0.2, -0.15) is 0 Å². The fourth-order valence-electron chi connectivity index (χ4n) is 3.56. The molecule has 2 rings (SSSR count). The van der Waals surface area contributed by atoms with Gasteiger partial charge in [0.15, 0.2) is 12.2 Å². The first-order chi connectivity index (χ1) is 14.5. The second kappa shape index (κ2) is 9.96. The molecule has 31 heavy (non-hydrogen) atoms. The van der Waals surface area contributed by atoms with E-state index in [2.05, 4.69) is 10.3 Å². The SMILES string of the molecule is CCC(O)c1cc(-c2cnco2)ccc1NC(=O)C(CC(C)C)N(C(=O)O)C(C)(C)C. The van der Waals surface area contributed by atoms with Gasteiger partial charge in [-0.25, -0.2) is 9.78 Å². The third kappa shape index (κ3) is 6.07. The minimum atomic E-state index is -1.15. The van der Waals surface area contributed by atoms with Crippen LogP contribution in [0.25, 0.3) is 11.3 Å². The predicted octanol–water partition coefficient (Wildman–Crippen LogP) is 4.92. The van der Waals surface area contributed by atoms with Crippen molar-refractivity contribution in [2.45, 2.75) is 72.1 Å². The summed E-state index contributed by atoms with van der Waals surface area (Å²) in [5.74, 6) is 0.224. The average Bonchev–Trinajstić information content (AvgIpc) is 3.20. The molecule has 0 saturated heterocycles. The van der Waals surface area contributed by atoms with E-state index in [9.17, 15) is 19.8 Å². The predicted molar refractivity (Wildman–Crippen MR) is 119 cm³/mol. The highest BCUT2D eigenvalue weighted by atomic mass is 16.4. The van der Waals surface area contributed by atoms with E-state index in [1.165, 1.54) is 11.3 Å². The molecular formula is C23H33N3O5. The van der Waals surface area contributed by atoms with Crippen molar-refractivity contribution in [1.82, 2.24) is 9.88 Å². The molecule has 1 heterocycles. The van der Waals surface area contributed by atoms with Gasteiger partial charge in [0, 0.05) is 22.4 Å². The van der Waals surface area contributed by atoms with Crippen LogP contribution in [0.15, 0.2) is 35.2 Å². The second-order valence-electron chi connectivity index (χ2n) is 9.05. The number of hydrogen-bond acceptors (Lipinski definition) is 5. The zero-order valence-corrected chi connectivity index (χ0v) is 19.0. The Kier molecular flexibility index (Phi) is 7.84. The fourth-order valence-corrected chi connectivity index (χ4v) is 3.56. The first kappa shape index (κ1) is 24.4. The molecule has 0 saturated carbocycles. The number of oxazole rings is 1. The minimum absolute atomic E-state index is 0.106. The molecule has 0 fully saturated rings. The number of benzene rings is 1. The molecule has 0 aliphatic carbocycles. The molecule has 0 bridgehead atoms. The van der Waals surface area contributed by atoms with Crippen molar-refractivity contribution in [3.63, 3.8) is 0 Å². The number of nitrogens with one attached hydrogen (secondary N) is 1. The monoisotopic (exact) mass is 431 g/mol. The lowest BCUT2D eigenvalue weighted by molar-refractivity contribution is -0.123. The Labute approximate surface area is 183 Å². The van der Waals surface area contributed by atoms with Crippen molar-refractivity contribution in [2.24, 2.45) is 5.92 Å². The molecule has 1 aromatic carbocycles. The lowest BCUT2D eigenvalue weighted by Gasteiger charge is -2.39. The topological polar surface area (TPSA) is 116 Å². The lowest BCUT2D eigenvalue weighted by atomic mass is 9.95. The zero-order valence-electron chi connectivity index (χ0n) is 19.0. The van der Waals surface area contributed by atoms with Crippen LogP contribution in [0.5, 0.6) is 0 Å². The van der Waals surface area contributed by atoms with E-state index in [0.29, 0.717) is 29.9 Å². The zero-order chi connectivity index (χ0) is 23.3. The number of aliphatic hydroxyl groups excluding tert-OH is 1. The number of rotatable bonds is 8. The molecule has 0 aliphatic rings. The highest BCUT2D eigenvalue weighted by molar-refractivity contribution is 5.97. The first-order valence-corrected chi connectivity index (χ1v) is 10.5. The van der Waals surface area contributed by atoms with Crippen LogP contribution in [0, 0.1) is 5.92 Å². The van der Waals surface area contributed by atoms with Gasteiger partial charge in [0.2, 0.25) is 5.91 Å². The van der Waals surface area contributed by atoms with E-state index in [-0.39, 0.29) is 5.92 Å². The van der Waals surface area contributed by atoms with Gasteiger partial charge < -0.3 is 19.9 Å². The molecule has 2 amide bonds. The van der Waals surface area contributed by atoms with Crippen LogP contribution in [-0.2, 0) is 4.79 Å². The Morgan fingerprint density at radius 3 is 2.42 bits per heavy atom. The molecule has 0 radical (unpaired) electrons. The van der Waals surface area contributed by atoms with Gasteiger partial charge >= 0.3 is 6.09 Å². The third-order valence-corrected chi connectivity index (χ3v) is 5.01. The van der Waals surface area contributed by atoms with Gasteiger partial charge in [-0.15, -0.1) is 0 Å². The summed E-state index contributed by atoms with van der Waals surface area (Å²) in [4.78, 5) is 30.4. The molecule has 2 atom stereocenters. The first-order valence-electron chi connectivity index (χ1n) is 10.5. The minimum Gasteiger partial charge on any atom is -0.465 e. The number of hydrogen-bond donors (Lipinski definition) is 3. The van der Waals surface area contributed by atoms with E-state index in [1.807, 2.05) is 20.8 Å². The van der Waals surface area contributed by atoms with Crippen LogP contribution in [-0.4, -0.2) is 43.7 Å². The summed E-state index contributed by atoms with van der Waals surface area (Å²) in [7, 11) is 0. The molecule has 0 spiro atoms. The van der Waals surface area contributed by atoms with Crippen molar-refractivity contribution in [3.05, 3.63) is 36.4 Å². The van der Waals surface area contributed by atoms with E-state index < -0.39 is 29.7 Å². The Balaban J connectivity index is 2.43. The Bertz CT molecular complexity index is 887.